The average molecular weight is 363 g/mol. The molecule has 7 heteroatoms. The summed E-state index contributed by atoms with van der Waals surface area (Å²) in [6, 6.07) is 7.03. The zero-order valence-electron chi connectivity index (χ0n) is 11.0. The van der Waals surface area contributed by atoms with Gasteiger partial charge < -0.3 is 9.84 Å². The van der Waals surface area contributed by atoms with E-state index in [1.807, 2.05) is 0 Å². The maximum absolute atomic E-state index is 11.9. The molecule has 1 aromatic carbocycles. The van der Waals surface area contributed by atoms with Crippen LogP contribution in [0.4, 0.5) is 0 Å². The molecule has 0 heterocycles. The molecule has 110 valence electrons. The Labute approximate surface area is 126 Å². The topological polar surface area (TPSA) is 80.7 Å². The summed E-state index contributed by atoms with van der Waals surface area (Å²) in [5, 5.41) is 8.55. The van der Waals surface area contributed by atoms with Gasteiger partial charge in [0.15, 0.2) is 9.84 Å². The van der Waals surface area contributed by atoms with Crippen molar-refractivity contribution < 1.29 is 23.1 Å². The van der Waals surface area contributed by atoms with Crippen molar-refractivity contribution in [3.05, 3.63) is 34.3 Å². The summed E-state index contributed by atoms with van der Waals surface area (Å²) in [5.41, 5.74) is -0.695. The predicted molar refractivity (Wildman–Crippen MR) is 77.5 cm³/mol. The van der Waals surface area contributed by atoms with Gasteiger partial charge in [0.25, 0.3) is 0 Å². The molecule has 5 nitrogen and oxygen atoms in total. The quantitative estimate of drug-likeness (QED) is 0.861. The van der Waals surface area contributed by atoms with Crippen molar-refractivity contribution >= 4 is 31.7 Å². The van der Waals surface area contributed by atoms with E-state index in [4.69, 9.17) is 4.74 Å². The van der Waals surface area contributed by atoms with Crippen LogP contribution in [-0.4, -0.2) is 44.7 Å². The van der Waals surface area contributed by atoms with E-state index < -0.39 is 32.4 Å². The van der Waals surface area contributed by atoms with Crippen LogP contribution in [0.25, 0.3) is 0 Å². The van der Waals surface area contributed by atoms with E-state index in [1.54, 1.807) is 24.3 Å². The molecule has 0 saturated heterocycles. The SMILES string of the molecule is COC[C@@]1(C(=O)O)[C@H](S(C)(=O)=O)[C@@H]1c1ccc(Br)cc1. The van der Waals surface area contributed by atoms with Crippen LogP contribution in [0.2, 0.25) is 0 Å². The van der Waals surface area contributed by atoms with Crippen molar-refractivity contribution in [3.63, 3.8) is 0 Å². The Balaban J connectivity index is 2.49. The molecule has 1 aromatic rings. The fourth-order valence-corrected chi connectivity index (χ4v) is 5.06. The van der Waals surface area contributed by atoms with Gasteiger partial charge in [0.05, 0.1) is 11.9 Å². The largest absolute Gasteiger partial charge is 0.481 e. The summed E-state index contributed by atoms with van der Waals surface area (Å²) >= 11 is 3.30. The van der Waals surface area contributed by atoms with E-state index in [0.29, 0.717) is 5.56 Å². The number of halogens is 1. The molecule has 1 N–H and O–H groups in total. The van der Waals surface area contributed by atoms with Gasteiger partial charge in [-0.3, -0.25) is 4.79 Å². The number of methoxy groups -OCH3 is 1. The van der Waals surface area contributed by atoms with Crippen molar-refractivity contribution in [3.8, 4) is 0 Å². The zero-order chi connectivity index (χ0) is 15.1. The minimum Gasteiger partial charge on any atom is -0.481 e. The fraction of sp³-hybridized carbons (Fsp3) is 0.462. The molecule has 0 aromatic heterocycles. The van der Waals surface area contributed by atoms with Gasteiger partial charge in [0.1, 0.15) is 5.41 Å². The maximum atomic E-state index is 11.9. The van der Waals surface area contributed by atoms with E-state index in [1.165, 1.54) is 7.11 Å². The zero-order valence-corrected chi connectivity index (χ0v) is 13.4. The van der Waals surface area contributed by atoms with Gasteiger partial charge >= 0.3 is 5.97 Å². The molecule has 3 atom stereocenters. The number of hydrogen-bond acceptors (Lipinski definition) is 4. The molecule has 0 unspecified atom stereocenters. The Kier molecular flexibility index (Phi) is 3.96. The van der Waals surface area contributed by atoms with Crippen LogP contribution >= 0.6 is 15.9 Å². The lowest BCUT2D eigenvalue weighted by molar-refractivity contribution is -0.145. The number of aliphatic carboxylic acids is 1. The Morgan fingerprint density at radius 3 is 2.35 bits per heavy atom. The number of carboxylic acid groups (broad SMARTS) is 1. The normalized spacial score (nSPS) is 29.1. The van der Waals surface area contributed by atoms with Crippen molar-refractivity contribution in [2.45, 2.75) is 11.2 Å². The van der Waals surface area contributed by atoms with E-state index in [0.717, 1.165) is 10.7 Å². The molecule has 1 fully saturated rings. The Hall–Kier alpha value is -0.920. The molecule has 1 aliphatic carbocycles. The van der Waals surface area contributed by atoms with Crippen molar-refractivity contribution in [1.82, 2.24) is 0 Å². The number of carbonyl (C=O) groups is 1. The Morgan fingerprint density at radius 2 is 1.95 bits per heavy atom. The lowest BCUT2D eigenvalue weighted by Gasteiger charge is -2.11. The van der Waals surface area contributed by atoms with E-state index >= 15 is 0 Å². The molecule has 0 bridgehead atoms. The first-order chi connectivity index (χ1) is 9.25. The minimum atomic E-state index is -3.48. The average Bonchev–Trinajstić information content (AvgIpc) is 3.01. The summed E-state index contributed by atoms with van der Waals surface area (Å²) in [4.78, 5) is 11.6. The second kappa shape index (κ2) is 5.13. The lowest BCUT2D eigenvalue weighted by atomic mass is 10.0. The number of hydrogen-bond donors (Lipinski definition) is 1. The lowest BCUT2D eigenvalue weighted by Crippen LogP contribution is -2.28. The van der Waals surface area contributed by atoms with Gasteiger partial charge in [0.2, 0.25) is 0 Å². The van der Waals surface area contributed by atoms with Crippen LogP contribution in [0.1, 0.15) is 11.5 Å². The minimum absolute atomic E-state index is 0.124. The van der Waals surface area contributed by atoms with E-state index in [9.17, 15) is 18.3 Å². The highest BCUT2D eigenvalue weighted by molar-refractivity contribution is 9.10. The molecular weight excluding hydrogens is 348 g/mol. The first kappa shape index (κ1) is 15.5. The van der Waals surface area contributed by atoms with Gasteiger partial charge in [-0.15, -0.1) is 0 Å². The standard InChI is InChI=1S/C13H15BrO5S/c1-19-7-13(12(15)16)10(11(13)20(2,17)18)8-3-5-9(14)6-4-8/h3-6,10-11H,7H2,1-2H3,(H,15,16)/t10-,11+,13-/m0/s1. The number of rotatable bonds is 5. The van der Waals surface area contributed by atoms with Gasteiger partial charge in [-0.05, 0) is 17.7 Å². The first-order valence-electron chi connectivity index (χ1n) is 5.92. The van der Waals surface area contributed by atoms with Crippen LogP contribution in [0.3, 0.4) is 0 Å². The Bertz CT molecular complexity index is 625. The third-order valence-electron chi connectivity index (χ3n) is 3.73. The smallest absolute Gasteiger partial charge is 0.314 e. The van der Waals surface area contributed by atoms with Crippen LogP contribution in [0.15, 0.2) is 28.7 Å². The third kappa shape index (κ3) is 2.38. The monoisotopic (exact) mass is 362 g/mol. The van der Waals surface area contributed by atoms with Crippen molar-refractivity contribution in [2.75, 3.05) is 20.0 Å². The highest BCUT2D eigenvalue weighted by Crippen LogP contribution is 2.63. The molecule has 1 saturated carbocycles. The highest BCUT2D eigenvalue weighted by Gasteiger charge is 2.74. The van der Waals surface area contributed by atoms with Crippen LogP contribution < -0.4 is 0 Å². The van der Waals surface area contributed by atoms with E-state index in [2.05, 4.69) is 15.9 Å². The molecule has 0 spiro atoms. The van der Waals surface area contributed by atoms with Gasteiger partial charge in [-0.1, -0.05) is 28.1 Å². The van der Waals surface area contributed by atoms with Gasteiger partial charge in [-0.25, -0.2) is 8.42 Å². The summed E-state index contributed by atoms with van der Waals surface area (Å²) in [6.07, 6.45) is 1.07. The number of carboxylic acids is 1. The number of ether oxygens (including phenoxy) is 1. The summed E-state index contributed by atoms with van der Waals surface area (Å²) in [6.45, 7) is -0.124. The van der Waals surface area contributed by atoms with Crippen LogP contribution in [0.5, 0.6) is 0 Å². The van der Waals surface area contributed by atoms with Gasteiger partial charge in [0, 0.05) is 23.8 Å². The fourth-order valence-electron chi connectivity index (χ4n) is 2.90. The second-order valence-electron chi connectivity index (χ2n) is 5.06. The molecule has 0 radical (unpaired) electrons. The maximum Gasteiger partial charge on any atom is 0.314 e. The Morgan fingerprint density at radius 1 is 1.40 bits per heavy atom. The van der Waals surface area contributed by atoms with Gasteiger partial charge in [-0.2, -0.15) is 0 Å². The highest BCUT2D eigenvalue weighted by atomic mass is 79.9. The summed E-state index contributed by atoms with van der Waals surface area (Å²) in [7, 11) is -2.11. The van der Waals surface area contributed by atoms with Crippen molar-refractivity contribution in [2.24, 2.45) is 5.41 Å². The molecule has 20 heavy (non-hydrogen) atoms. The molecular formula is C13H15BrO5S. The molecule has 0 amide bonds. The molecule has 2 rings (SSSR count). The number of sulfone groups is 1. The summed E-state index contributed by atoms with van der Waals surface area (Å²) in [5.74, 6) is -1.72. The predicted octanol–water partition coefficient (Wildman–Crippen LogP) is 1.68. The summed E-state index contributed by atoms with van der Waals surface area (Å²) < 4.78 is 29.7. The molecule has 0 aliphatic heterocycles. The third-order valence-corrected chi connectivity index (χ3v) is 5.87. The second-order valence-corrected chi connectivity index (χ2v) is 8.14. The van der Waals surface area contributed by atoms with Crippen LogP contribution in [-0.2, 0) is 19.4 Å². The molecule has 1 aliphatic rings. The number of benzene rings is 1. The van der Waals surface area contributed by atoms with Crippen LogP contribution in [0, 0.1) is 5.41 Å². The first-order valence-corrected chi connectivity index (χ1v) is 8.66. The van der Waals surface area contributed by atoms with Crippen molar-refractivity contribution in [1.29, 1.82) is 0 Å². The van der Waals surface area contributed by atoms with E-state index in [-0.39, 0.29) is 6.61 Å².